The molecular formula is C16H24O2. The summed E-state index contributed by atoms with van der Waals surface area (Å²) in [6.07, 6.45) is 1.88. The molecule has 1 rings (SSSR count). The van der Waals surface area contributed by atoms with Crippen LogP contribution < -0.4 is 0 Å². The summed E-state index contributed by atoms with van der Waals surface area (Å²) in [4.78, 5) is 0. The number of hydrogen-bond donors (Lipinski definition) is 0. The first-order valence-corrected chi connectivity index (χ1v) is 6.20. The highest BCUT2D eigenvalue weighted by Gasteiger charge is 2.17. The maximum absolute atomic E-state index is 5.28. The van der Waals surface area contributed by atoms with Crippen molar-refractivity contribution in [1.29, 1.82) is 0 Å². The Balaban J connectivity index is 3.38. The van der Waals surface area contributed by atoms with Gasteiger partial charge in [-0.2, -0.15) is 0 Å². The molecular weight excluding hydrogens is 224 g/mol. The van der Waals surface area contributed by atoms with Gasteiger partial charge in [0.15, 0.2) is 0 Å². The van der Waals surface area contributed by atoms with Crippen LogP contribution in [0, 0.1) is 0 Å². The van der Waals surface area contributed by atoms with E-state index in [4.69, 9.17) is 9.47 Å². The van der Waals surface area contributed by atoms with Gasteiger partial charge in [0.2, 0.25) is 0 Å². The lowest BCUT2D eigenvalue weighted by molar-refractivity contribution is 0.179. The van der Waals surface area contributed by atoms with Crippen LogP contribution in [-0.2, 0) is 28.1 Å². The average Bonchev–Trinajstić information content (AvgIpc) is 2.28. The van der Waals surface area contributed by atoms with Gasteiger partial charge in [-0.1, -0.05) is 45.6 Å². The van der Waals surface area contributed by atoms with Crippen molar-refractivity contribution in [2.24, 2.45) is 0 Å². The molecule has 0 saturated carbocycles. The lowest BCUT2D eigenvalue weighted by Gasteiger charge is -2.23. The van der Waals surface area contributed by atoms with Crippen LogP contribution in [0.4, 0.5) is 0 Å². The Morgan fingerprint density at radius 3 is 1.78 bits per heavy atom. The zero-order valence-corrected chi connectivity index (χ0v) is 12.2. The van der Waals surface area contributed by atoms with E-state index in [9.17, 15) is 0 Å². The van der Waals surface area contributed by atoms with E-state index in [0.717, 1.165) is 5.56 Å². The standard InChI is InChI=1S/C16H24O2/c1-7-15-12(10-17-5)8-14(16(2,3)4)9-13(15)11-18-6/h7-9H,1,10-11H2,2-6H3. The highest BCUT2D eigenvalue weighted by molar-refractivity contribution is 5.58. The van der Waals surface area contributed by atoms with Gasteiger partial charge in [0.25, 0.3) is 0 Å². The molecule has 0 aliphatic heterocycles. The minimum atomic E-state index is 0.116. The van der Waals surface area contributed by atoms with Gasteiger partial charge in [0, 0.05) is 14.2 Å². The smallest absolute Gasteiger partial charge is 0.0719 e. The molecule has 0 aliphatic rings. The van der Waals surface area contributed by atoms with E-state index < -0.39 is 0 Å². The molecule has 1 aromatic carbocycles. The molecule has 0 radical (unpaired) electrons. The molecule has 0 spiro atoms. The fraction of sp³-hybridized carbons (Fsp3) is 0.500. The first-order chi connectivity index (χ1) is 8.43. The third-order valence-electron chi connectivity index (χ3n) is 3.02. The van der Waals surface area contributed by atoms with Crippen molar-refractivity contribution < 1.29 is 9.47 Å². The normalized spacial score (nSPS) is 11.6. The quantitative estimate of drug-likeness (QED) is 0.786. The first-order valence-electron chi connectivity index (χ1n) is 6.20. The molecule has 0 N–H and O–H groups in total. The van der Waals surface area contributed by atoms with E-state index in [2.05, 4.69) is 39.5 Å². The van der Waals surface area contributed by atoms with Crippen molar-refractivity contribution in [1.82, 2.24) is 0 Å². The summed E-state index contributed by atoms with van der Waals surface area (Å²) < 4.78 is 10.6. The number of methoxy groups -OCH3 is 2. The molecule has 0 atom stereocenters. The molecule has 0 heterocycles. The van der Waals surface area contributed by atoms with Crippen molar-refractivity contribution in [2.75, 3.05) is 14.2 Å². The zero-order valence-electron chi connectivity index (χ0n) is 12.2. The van der Waals surface area contributed by atoms with E-state index in [0.29, 0.717) is 13.2 Å². The average molecular weight is 248 g/mol. The predicted octanol–water partition coefficient (Wildman–Crippen LogP) is 3.92. The number of rotatable bonds is 5. The van der Waals surface area contributed by atoms with E-state index in [-0.39, 0.29) is 5.41 Å². The number of benzene rings is 1. The van der Waals surface area contributed by atoms with E-state index in [1.165, 1.54) is 16.7 Å². The summed E-state index contributed by atoms with van der Waals surface area (Å²) in [7, 11) is 3.43. The molecule has 0 amide bonds. The van der Waals surface area contributed by atoms with E-state index in [1.807, 2.05) is 6.08 Å². The van der Waals surface area contributed by atoms with Crippen molar-refractivity contribution in [3.8, 4) is 0 Å². The van der Waals surface area contributed by atoms with Crippen LogP contribution in [0.2, 0.25) is 0 Å². The second-order valence-corrected chi connectivity index (χ2v) is 5.53. The monoisotopic (exact) mass is 248 g/mol. The molecule has 1 aromatic rings. The van der Waals surface area contributed by atoms with Crippen LogP contribution in [0.5, 0.6) is 0 Å². The second-order valence-electron chi connectivity index (χ2n) is 5.53. The maximum atomic E-state index is 5.28. The maximum Gasteiger partial charge on any atom is 0.0719 e. The molecule has 0 saturated heterocycles. The molecule has 100 valence electrons. The molecule has 0 fully saturated rings. The molecule has 0 aromatic heterocycles. The van der Waals surface area contributed by atoms with Crippen LogP contribution in [0.1, 0.15) is 43.0 Å². The summed E-state index contributed by atoms with van der Waals surface area (Å²) in [6.45, 7) is 11.7. The Labute approximate surface area is 111 Å². The van der Waals surface area contributed by atoms with E-state index >= 15 is 0 Å². The fourth-order valence-electron chi connectivity index (χ4n) is 2.02. The molecule has 2 heteroatoms. The van der Waals surface area contributed by atoms with Crippen molar-refractivity contribution in [3.63, 3.8) is 0 Å². The Bertz CT molecular complexity index is 387. The molecule has 0 aliphatic carbocycles. The third-order valence-corrected chi connectivity index (χ3v) is 3.02. The van der Waals surface area contributed by atoms with Crippen LogP contribution in [0.3, 0.4) is 0 Å². The lowest BCUT2D eigenvalue weighted by Crippen LogP contribution is -2.13. The minimum Gasteiger partial charge on any atom is -0.380 e. The van der Waals surface area contributed by atoms with Crippen molar-refractivity contribution >= 4 is 6.08 Å². The van der Waals surface area contributed by atoms with Gasteiger partial charge in [0.05, 0.1) is 13.2 Å². The Kier molecular flexibility index (Phi) is 5.12. The minimum absolute atomic E-state index is 0.116. The summed E-state index contributed by atoms with van der Waals surface area (Å²) in [6, 6.07) is 4.42. The van der Waals surface area contributed by atoms with Gasteiger partial charge < -0.3 is 9.47 Å². The van der Waals surface area contributed by atoms with Crippen molar-refractivity contribution in [2.45, 2.75) is 39.4 Å². The van der Waals surface area contributed by atoms with Gasteiger partial charge in [-0.25, -0.2) is 0 Å². The van der Waals surface area contributed by atoms with Crippen LogP contribution in [0.15, 0.2) is 18.7 Å². The van der Waals surface area contributed by atoms with Crippen molar-refractivity contribution in [3.05, 3.63) is 41.0 Å². The predicted molar refractivity (Wildman–Crippen MR) is 76.7 cm³/mol. The molecule has 0 bridgehead atoms. The number of ether oxygens (including phenoxy) is 2. The third kappa shape index (κ3) is 3.44. The molecule has 2 nitrogen and oxygen atoms in total. The van der Waals surface area contributed by atoms with Crippen LogP contribution in [-0.4, -0.2) is 14.2 Å². The van der Waals surface area contributed by atoms with Gasteiger partial charge in [-0.15, -0.1) is 0 Å². The fourth-order valence-corrected chi connectivity index (χ4v) is 2.02. The highest BCUT2D eigenvalue weighted by atomic mass is 16.5. The summed E-state index contributed by atoms with van der Waals surface area (Å²) in [5, 5.41) is 0. The van der Waals surface area contributed by atoms with Gasteiger partial charge in [-0.05, 0) is 27.7 Å². The zero-order chi connectivity index (χ0) is 13.8. The second kappa shape index (κ2) is 6.17. The number of hydrogen-bond acceptors (Lipinski definition) is 2. The Morgan fingerprint density at radius 2 is 1.50 bits per heavy atom. The Hall–Kier alpha value is -1.12. The topological polar surface area (TPSA) is 18.5 Å². The van der Waals surface area contributed by atoms with Gasteiger partial charge in [0.1, 0.15) is 0 Å². The van der Waals surface area contributed by atoms with Crippen LogP contribution in [0.25, 0.3) is 6.08 Å². The summed E-state index contributed by atoms with van der Waals surface area (Å²) >= 11 is 0. The first kappa shape index (κ1) is 14.9. The van der Waals surface area contributed by atoms with Crippen LogP contribution >= 0.6 is 0 Å². The SMILES string of the molecule is C=Cc1c(COC)cc(C(C)(C)C)cc1COC. The molecule has 0 unspecified atom stereocenters. The molecule has 18 heavy (non-hydrogen) atoms. The van der Waals surface area contributed by atoms with Gasteiger partial charge >= 0.3 is 0 Å². The van der Waals surface area contributed by atoms with Gasteiger partial charge in [-0.3, -0.25) is 0 Å². The summed E-state index contributed by atoms with van der Waals surface area (Å²) in [5.74, 6) is 0. The Morgan fingerprint density at radius 1 is 1.06 bits per heavy atom. The van der Waals surface area contributed by atoms with E-state index in [1.54, 1.807) is 14.2 Å². The largest absolute Gasteiger partial charge is 0.380 e. The lowest BCUT2D eigenvalue weighted by atomic mass is 9.83. The summed E-state index contributed by atoms with van der Waals surface area (Å²) in [5.41, 5.74) is 4.89. The highest BCUT2D eigenvalue weighted by Crippen LogP contribution is 2.28.